The summed E-state index contributed by atoms with van der Waals surface area (Å²) in [7, 11) is 0. The van der Waals surface area contributed by atoms with Gasteiger partial charge in [0.1, 0.15) is 10.7 Å². The smallest absolute Gasteiger partial charge is 0.227 e. The molecule has 1 fully saturated rings. The van der Waals surface area contributed by atoms with Crippen LogP contribution in [0.1, 0.15) is 16.0 Å². The topological polar surface area (TPSA) is 63.2 Å². The first-order valence-corrected chi connectivity index (χ1v) is 9.91. The van der Waals surface area contributed by atoms with Gasteiger partial charge in [-0.15, -0.1) is 11.3 Å². The van der Waals surface area contributed by atoms with Gasteiger partial charge in [-0.1, -0.05) is 6.07 Å². The second-order valence-electron chi connectivity index (χ2n) is 6.79. The summed E-state index contributed by atoms with van der Waals surface area (Å²) in [6, 6.07) is 8.23. The van der Waals surface area contributed by atoms with Crippen LogP contribution in [0.3, 0.4) is 0 Å². The Bertz CT molecular complexity index is 900. The highest BCUT2D eigenvalue weighted by atomic mass is 32.1. The van der Waals surface area contributed by atoms with Crippen LogP contribution in [0.5, 0.6) is 0 Å². The van der Waals surface area contributed by atoms with Crippen molar-refractivity contribution in [3.05, 3.63) is 52.7 Å². The Kier molecular flexibility index (Phi) is 5.42. The summed E-state index contributed by atoms with van der Waals surface area (Å²) in [5.74, 6) is 0.586. The molecule has 140 valence electrons. The quantitative estimate of drug-likeness (QED) is 0.725. The van der Waals surface area contributed by atoms with Crippen molar-refractivity contribution in [1.29, 1.82) is 0 Å². The lowest BCUT2D eigenvalue weighted by molar-refractivity contribution is 0.0346. The molecule has 2 aromatic heterocycles. The average molecular weight is 382 g/mol. The van der Waals surface area contributed by atoms with E-state index in [0.29, 0.717) is 5.95 Å². The van der Waals surface area contributed by atoms with E-state index in [4.69, 9.17) is 4.74 Å². The van der Waals surface area contributed by atoms with Crippen LogP contribution < -0.4 is 5.32 Å². The van der Waals surface area contributed by atoms with Gasteiger partial charge >= 0.3 is 0 Å². The van der Waals surface area contributed by atoms with Crippen LogP contribution in [0.15, 0.2) is 36.7 Å². The molecule has 0 atom stereocenters. The maximum atomic E-state index is 5.41. The number of aryl methyl sites for hydroxylation is 2. The highest BCUT2D eigenvalue weighted by Gasteiger charge is 2.14. The molecular weight excluding hydrogens is 358 g/mol. The Morgan fingerprint density at radius 3 is 2.67 bits per heavy atom. The van der Waals surface area contributed by atoms with Crippen molar-refractivity contribution in [2.24, 2.45) is 0 Å². The summed E-state index contributed by atoms with van der Waals surface area (Å²) < 4.78 is 5.41. The maximum absolute atomic E-state index is 5.41. The SMILES string of the molecule is Cc1cc(C)cc(Nc2nccc(-c3ncc(CN4CCOCC4)s3)n2)c1. The maximum Gasteiger partial charge on any atom is 0.227 e. The number of anilines is 2. The fourth-order valence-corrected chi connectivity index (χ4v) is 4.12. The Morgan fingerprint density at radius 1 is 1.11 bits per heavy atom. The minimum Gasteiger partial charge on any atom is -0.379 e. The Hall–Kier alpha value is -2.35. The predicted molar refractivity (Wildman–Crippen MR) is 108 cm³/mol. The molecule has 0 radical (unpaired) electrons. The molecule has 1 aromatic carbocycles. The molecule has 1 saturated heterocycles. The van der Waals surface area contributed by atoms with Gasteiger partial charge < -0.3 is 10.1 Å². The van der Waals surface area contributed by atoms with E-state index in [1.54, 1.807) is 17.5 Å². The number of hydrogen-bond acceptors (Lipinski definition) is 7. The zero-order chi connectivity index (χ0) is 18.6. The fourth-order valence-electron chi connectivity index (χ4n) is 3.19. The second-order valence-corrected chi connectivity index (χ2v) is 7.90. The molecule has 27 heavy (non-hydrogen) atoms. The molecule has 0 spiro atoms. The fraction of sp³-hybridized carbons (Fsp3) is 0.350. The Morgan fingerprint density at radius 2 is 1.89 bits per heavy atom. The summed E-state index contributed by atoms with van der Waals surface area (Å²) in [4.78, 5) is 17.2. The van der Waals surface area contributed by atoms with Gasteiger partial charge in [-0.05, 0) is 43.2 Å². The highest BCUT2D eigenvalue weighted by Crippen LogP contribution is 2.26. The van der Waals surface area contributed by atoms with Crippen molar-refractivity contribution < 1.29 is 4.74 Å². The number of rotatable bonds is 5. The molecule has 0 amide bonds. The van der Waals surface area contributed by atoms with Crippen molar-refractivity contribution in [3.8, 4) is 10.7 Å². The number of nitrogens with one attached hydrogen (secondary N) is 1. The van der Waals surface area contributed by atoms with E-state index in [1.165, 1.54) is 16.0 Å². The number of morpholine rings is 1. The second kappa shape index (κ2) is 8.12. The van der Waals surface area contributed by atoms with E-state index in [-0.39, 0.29) is 0 Å². The third kappa shape index (κ3) is 4.68. The minimum absolute atomic E-state index is 0.586. The molecule has 1 N–H and O–H groups in total. The first kappa shape index (κ1) is 18.0. The van der Waals surface area contributed by atoms with Gasteiger partial charge in [0.05, 0.1) is 13.2 Å². The third-order valence-corrected chi connectivity index (χ3v) is 5.39. The van der Waals surface area contributed by atoms with Gasteiger partial charge in [0, 0.05) is 42.6 Å². The van der Waals surface area contributed by atoms with Gasteiger partial charge in [-0.3, -0.25) is 4.90 Å². The van der Waals surface area contributed by atoms with Crippen molar-refractivity contribution in [1.82, 2.24) is 19.9 Å². The molecule has 3 aromatic rings. The number of hydrogen-bond donors (Lipinski definition) is 1. The molecule has 6 nitrogen and oxygen atoms in total. The van der Waals surface area contributed by atoms with Crippen LogP contribution >= 0.6 is 11.3 Å². The molecule has 0 bridgehead atoms. The normalized spacial score (nSPS) is 15.0. The van der Waals surface area contributed by atoms with E-state index in [2.05, 4.69) is 57.2 Å². The molecule has 1 aliphatic heterocycles. The van der Waals surface area contributed by atoms with Gasteiger partial charge in [-0.2, -0.15) is 0 Å². The highest BCUT2D eigenvalue weighted by molar-refractivity contribution is 7.14. The van der Waals surface area contributed by atoms with Crippen LogP contribution in [0.2, 0.25) is 0 Å². The number of benzene rings is 1. The molecule has 0 unspecified atom stereocenters. The molecule has 0 aliphatic carbocycles. The van der Waals surface area contributed by atoms with Crippen molar-refractivity contribution in [3.63, 3.8) is 0 Å². The number of ether oxygens (including phenoxy) is 1. The van der Waals surface area contributed by atoms with E-state index >= 15 is 0 Å². The van der Waals surface area contributed by atoms with Crippen LogP contribution in [-0.2, 0) is 11.3 Å². The minimum atomic E-state index is 0.586. The largest absolute Gasteiger partial charge is 0.379 e. The van der Waals surface area contributed by atoms with Gasteiger partial charge in [0.15, 0.2) is 0 Å². The van der Waals surface area contributed by atoms with Gasteiger partial charge in [0.2, 0.25) is 5.95 Å². The molecule has 0 saturated carbocycles. The van der Waals surface area contributed by atoms with E-state index in [1.807, 2.05) is 12.3 Å². The lowest BCUT2D eigenvalue weighted by atomic mass is 10.1. The van der Waals surface area contributed by atoms with Crippen LogP contribution in [0.4, 0.5) is 11.6 Å². The van der Waals surface area contributed by atoms with Crippen molar-refractivity contribution in [2.75, 3.05) is 31.6 Å². The molecule has 3 heterocycles. The monoisotopic (exact) mass is 381 g/mol. The van der Waals surface area contributed by atoms with E-state index in [0.717, 1.165) is 49.2 Å². The number of aromatic nitrogens is 3. The lowest BCUT2D eigenvalue weighted by Crippen LogP contribution is -2.35. The Balaban J connectivity index is 1.49. The van der Waals surface area contributed by atoms with Gasteiger partial charge in [0.25, 0.3) is 0 Å². The molecular formula is C20H23N5OS. The molecule has 1 aliphatic rings. The van der Waals surface area contributed by atoms with E-state index in [9.17, 15) is 0 Å². The predicted octanol–water partition coefficient (Wildman–Crippen LogP) is 3.79. The third-order valence-electron chi connectivity index (χ3n) is 4.39. The summed E-state index contributed by atoms with van der Waals surface area (Å²) >= 11 is 1.69. The zero-order valence-corrected chi connectivity index (χ0v) is 16.4. The van der Waals surface area contributed by atoms with Crippen LogP contribution in [-0.4, -0.2) is 46.2 Å². The molecule has 4 rings (SSSR count). The first-order chi connectivity index (χ1) is 13.2. The summed E-state index contributed by atoms with van der Waals surface area (Å²) in [6.45, 7) is 8.66. The van der Waals surface area contributed by atoms with Crippen LogP contribution in [0, 0.1) is 13.8 Å². The van der Waals surface area contributed by atoms with Gasteiger partial charge in [-0.25, -0.2) is 15.0 Å². The molecule has 7 heteroatoms. The standard InChI is InChI=1S/C20H23N5OS/c1-14-9-15(2)11-16(10-14)23-20-21-4-3-18(24-20)19-22-12-17(27-19)13-25-5-7-26-8-6-25/h3-4,9-12H,5-8,13H2,1-2H3,(H,21,23,24). The van der Waals surface area contributed by atoms with E-state index < -0.39 is 0 Å². The zero-order valence-electron chi connectivity index (χ0n) is 15.6. The number of nitrogens with zero attached hydrogens (tertiary/aromatic N) is 4. The number of thiazole rings is 1. The van der Waals surface area contributed by atoms with Crippen LogP contribution in [0.25, 0.3) is 10.7 Å². The van der Waals surface area contributed by atoms with Crippen molar-refractivity contribution in [2.45, 2.75) is 20.4 Å². The lowest BCUT2D eigenvalue weighted by Gasteiger charge is -2.25. The average Bonchev–Trinajstić information content (AvgIpc) is 3.10. The summed E-state index contributed by atoms with van der Waals surface area (Å²) in [5.41, 5.74) is 4.26. The Labute approximate surface area is 163 Å². The van der Waals surface area contributed by atoms with Crippen molar-refractivity contribution >= 4 is 23.0 Å². The summed E-state index contributed by atoms with van der Waals surface area (Å²) in [5, 5.41) is 4.22. The first-order valence-electron chi connectivity index (χ1n) is 9.09. The summed E-state index contributed by atoms with van der Waals surface area (Å²) in [6.07, 6.45) is 3.73.